The highest BCUT2D eigenvalue weighted by Gasteiger charge is 2.33. The predicted octanol–water partition coefficient (Wildman–Crippen LogP) is 3.87. The number of hydrogen-bond acceptors (Lipinski definition) is 3. The number of carbonyl (C=O) groups is 1. The molecule has 1 aromatic carbocycles. The number of rotatable bonds is 4. The van der Waals surface area contributed by atoms with Crippen LogP contribution in [-0.4, -0.2) is 23.2 Å². The minimum atomic E-state index is -4.59. The smallest absolute Gasteiger partial charge is 0.433 e. The molecule has 0 bridgehead atoms. The Kier molecular flexibility index (Phi) is 4.68. The SMILES string of the molecule is COc1cccc(-c2nc(C(F)(F)F)ccc2C=CC(=O)O)c1. The van der Waals surface area contributed by atoms with Crippen LogP contribution < -0.4 is 4.74 Å². The number of pyridine rings is 1. The van der Waals surface area contributed by atoms with Crippen LogP contribution in [0, 0.1) is 0 Å². The lowest BCUT2D eigenvalue weighted by atomic mass is 10.0. The molecule has 2 aromatic rings. The lowest BCUT2D eigenvalue weighted by Gasteiger charge is -2.11. The summed E-state index contributed by atoms with van der Waals surface area (Å²) in [5.74, 6) is -0.753. The normalized spacial score (nSPS) is 11.7. The van der Waals surface area contributed by atoms with Gasteiger partial charge in [0.1, 0.15) is 11.4 Å². The van der Waals surface area contributed by atoms with Gasteiger partial charge in [-0.25, -0.2) is 9.78 Å². The first-order valence-corrected chi connectivity index (χ1v) is 6.45. The first-order valence-electron chi connectivity index (χ1n) is 6.45. The van der Waals surface area contributed by atoms with E-state index in [0.29, 0.717) is 11.3 Å². The molecular weight excluding hydrogens is 311 g/mol. The van der Waals surface area contributed by atoms with E-state index >= 15 is 0 Å². The Balaban J connectivity index is 2.62. The molecule has 1 N–H and O–H groups in total. The van der Waals surface area contributed by atoms with Crippen molar-refractivity contribution in [2.24, 2.45) is 0 Å². The number of carboxylic acids is 1. The molecule has 0 aliphatic rings. The van der Waals surface area contributed by atoms with Crippen molar-refractivity contribution in [2.75, 3.05) is 7.11 Å². The highest BCUT2D eigenvalue weighted by molar-refractivity contribution is 5.87. The number of aliphatic carboxylic acids is 1. The number of hydrogen-bond donors (Lipinski definition) is 1. The van der Waals surface area contributed by atoms with Crippen molar-refractivity contribution in [3.63, 3.8) is 0 Å². The summed E-state index contributed by atoms with van der Waals surface area (Å²) in [5, 5.41) is 8.70. The molecule has 0 unspecified atom stereocenters. The molecule has 0 atom stereocenters. The predicted molar refractivity (Wildman–Crippen MR) is 77.9 cm³/mol. The number of aromatic nitrogens is 1. The molecule has 23 heavy (non-hydrogen) atoms. The van der Waals surface area contributed by atoms with Crippen LogP contribution in [0.5, 0.6) is 5.75 Å². The van der Waals surface area contributed by atoms with Gasteiger partial charge < -0.3 is 9.84 Å². The van der Waals surface area contributed by atoms with Gasteiger partial charge in [0.2, 0.25) is 0 Å². The van der Waals surface area contributed by atoms with Crippen LogP contribution >= 0.6 is 0 Å². The Hall–Kier alpha value is -2.83. The van der Waals surface area contributed by atoms with Crippen molar-refractivity contribution in [2.45, 2.75) is 6.18 Å². The second kappa shape index (κ2) is 6.51. The fourth-order valence-corrected chi connectivity index (χ4v) is 1.92. The van der Waals surface area contributed by atoms with Crippen molar-refractivity contribution < 1.29 is 27.8 Å². The zero-order valence-electron chi connectivity index (χ0n) is 12.0. The van der Waals surface area contributed by atoms with Gasteiger partial charge in [0.15, 0.2) is 0 Å². The largest absolute Gasteiger partial charge is 0.497 e. The second-order valence-electron chi connectivity index (χ2n) is 4.54. The maximum Gasteiger partial charge on any atom is 0.433 e. The molecular formula is C16H12F3NO3. The van der Waals surface area contributed by atoms with Gasteiger partial charge in [-0.3, -0.25) is 0 Å². The lowest BCUT2D eigenvalue weighted by Crippen LogP contribution is -2.09. The molecule has 0 radical (unpaired) electrons. The van der Waals surface area contributed by atoms with Gasteiger partial charge >= 0.3 is 12.1 Å². The molecule has 0 spiro atoms. The first-order chi connectivity index (χ1) is 10.8. The van der Waals surface area contributed by atoms with Gasteiger partial charge in [-0.15, -0.1) is 0 Å². The van der Waals surface area contributed by atoms with Crippen LogP contribution in [0.15, 0.2) is 42.5 Å². The molecule has 1 heterocycles. The van der Waals surface area contributed by atoms with Gasteiger partial charge in [-0.2, -0.15) is 13.2 Å². The van der Waals surface area contributed by atoms with Crippen molar-refractivity contribution >= 4 is 12.0 Å². The highest BCUT2D eigenvalue weighted by atomic mass is 19.4. The first kappa shape index (κ1) is 16.5. The van der Waals surface area contributed by atoms with Crippen LogP contribution in [0.4, 0.5) is 13.2 Å². The van der Waals surface area contributed by atoms with E-state index in [0.717, 1.165) is 12.1 Å². The standard InChI is InChI=1S/C16H12F3NO3/c1-23-12-4-2-3-11(9-12)15-10(6-8-14(21)22)5-7-13(20-15)16(17,18)19/h2-9H,1H3,(H,21,22). The van der Waals surface area contributed by atoms with Crippen LogP contribution in [0.3, 0.4) is 0 Å². The van der Waals surface area contributed by atoms with E-state index < -0.39 is 17.8 Å². The Labute approximate surface area is 129 Å². The summed E-state index contributed by atoms with van der Waals surface area (Å²) in [4.78, 5) is 14.3. The Morgan fingerprint density at radius 3 is 2.61 bits per heavy atom. The van der Waals surface area contributed by atoms with Crippen molar-refractivity contribution in [1.29, 1.82) is 0 Å². The van der Waals surface area contributed by atoms with E-state index in [9.17, 15) is 18.0 Å². The maximum absolute atomic E-state index is 12.9. The van der Waals surface area contributed by atoms with E-state index in [2.05, 4.69) is 4.98 Å². The zero-order chi connectivity index (χ0) is 17.0. The molecule has 0 amide bonds. The third kappa shape index (κ3) is 4.09. The summed E-state index contributed by atoms with van der Waals surface area (Å²) in [6.07, 6.45) is -2.55. The van der Waals surface area contributed by atoms with E-state index in [1.807, 2.05) is 0 Å². The van der Waals surface area contributed by atoms with E-state index in [1.165, 1.54) is 25.3 Å². The molecule has 0 aliphatic heterocycles. The monoisotopic (exact) mass is 323 g/mol. The number of halogens is 3. The van der Waals surface area contributed by atoms with Gasteiger partial charge in [0, 0.05) is 17.2 Å². The summed E-state index contributed by atoms with van der Waals surface area (Å²) in [6.45, 7) is 0. The van der Waals surface area contributed by atoms with Crippen LogP contribution in [-0.2, 0) is 11.0 Å². The summed E-state index contributed by atoms with van der Waals surface area (Å²) in [5.41, 5.74) is -0.381. The second-order valence-corrected chi connectivity index (χ2v) is 4.54. The van der Waals surface area contributed by atoms with Crippen LogP contribution in [0.2, 0.25) is 0 Å². The van der Waals surface area contributed by atoms with Gasteiger partial charge in [0.05, 0.1) is 12.8 Å². The van der Waals surface area contributed by atoms with Gasteiger partial charge in [-0.05, 0) is 24.3 Å². The topological polar surface area (TPSA) is 59.4 Å². The highest BCUT2D eigenvalue weighted by Crippen LogP contribution is 2.32. The average Bonchev–Trinajstić information content (AvgIpc) is 2.51. The van der Waals surface area contributed by atoms with Crippen molar-refractivity contribution in [3.8, 4) is 17.0 Å². The Morgan fingerprint density at radius 2 is 2.00 bits per heavy atom. The van der Waals surface area contributed by atoms with Gasteiger partial charge in [-0.1, -0.05) is 18.2 Å². The third-order valence-electron chi connectivity index (χ3n) is 2.97. The molecule has 1 aromatic heterocycles. The number of nitrogens with zero attached hydrogens (tertiary/aromatic N) is 1. The molecule has 4 nitrogen and oxygen atoms in total. The molecule has 2 rings (SSSR count). The van der Waals surface area contributed by atoms with E-state index in [1.54, 1.807) is 18.2 Å². The molecule has 0 saturated carbocycles. The zero-order valence-corrected chi connectivity index (χ0v) is 12.0. The van der Waals surface area contributed by atoms with Crippen molar-refractivity contribution in [1.82, 2.24) is 4.98 Å². The molecule has 0 fully saturated rings. The lowest BCUT2D eigenvalue weighted by molar-refractivity contribution is -0.141. The summed E-state index contributed by atoms with van der Waals surface area (Å²) >= 11 is 0. The third-order valence-corrected chi connectivity index (χ3v) is 2.97. The summed E-state index contributed by atoms with van der Waals surface area (Å²) < 4.78 is 43.7. The summed E-state index contributed by atoms with van der Waals surface area (Å²) in [7, 11) is 1.43. The molecule has 7 heteroatoms. The summed E-state index contributed by atoms with van der Waals surface area (Å²) in [6, 6.07) is 8.35. The quantitative estimate of drug-likeness (QED) is 0.868. The van der Waals surface area contributed by atoms with Gasteiger partial charge in [0.25, 0.3) is 0 Å². The fraction of sp³-hybridized carbons (Fsp3) is 0.125. The number of alkyl halides is 3. The number of methoxy groups -OCH3 is 1. The Morgan fingerprint density at radius 1 is 1.26 bits per heavy atom. The van der Waals surface area contributed by atoms with E-state index in [4.69, 9.17) is 9.84 Å². The fourth-order valence-electron chi connectivity index (χ4n) is 1.92. The molecule has 120 valence electrons. The minimum absolute atomic E-state index is 0.0243. The number of benzene rings is 1. The molecule has 0 saturated heterocycles. The maximum atomic E-state index is 12.9. The number of carboxylic acid groups (broad SMARTS) is 1. The van der Waals surface area contributed by atoms with Crippen LogP contribution in [0.1, 0.15) is 11.3 Å². The van der Waals surface area contributed by atoms with Crippen LogP contribution in [0.25, 0.3) is 17.3 Å². The average molecular weight is 323 g/mol. The van der Waals surface area contributed by atoms with Crippen molar-refractivity contribution in [3.05, 3.63) is 53.7 Å². The Bertz CT molecular complexity index is 754. The minimum Gasteiger partial charge on any atom is -0.497 e. The molecule has 0 aliphatic carbocycles. The number of ether oxygens (including phenoxy) is 1. The van der Waals surface area contributed by atoms with E-state index in [-0.39, 0.29) is 11.3 Å².